The highest BCUT2D eigenvalue weighted by Crippen LogP contribution is 2.23. The molecule has 0 saturated heterocycles. The summed E-state index contributed by atoms with van der Waals surface area (Å²) < 4.78 is 1.82. The smallest absolute Gasteiger partial charge is 0.101 e. The van der Waals surface area contributed by atoms with Crippen LogP contribution in [0.2, 0.25) is 5.02 Å². The van der Waals surface area contributed by atoms with Crippen molar-refractivity contribution in [3.05, 3.63) is 46.7 Å². The van der Waals surface area contributed by atoms with E-state index in [1.54, 1.807) is 18.3 Å². The number of hydrogen-bond donors (Lipinski definition) is 1. The number of aryl methyl sites for hydroxylation is 1. The fraction of sp³-hybridized carbons (Fsp3) is 0.231. The van der Waals surface area contributed by atoms with Gasteiger partial charge in [0.15, 0.2) is 0 Å². The van der Waals surface area contributed by atoms with Gasteiger partial charge in [0.1, 0.15) is 6.07 Å². The Hall–Kier alpha value is -1.99. The lowest BCUT2D eigenvalue weighted by atomic mass is 10.2. The van der Waals surface area contributed by atoms with Crippen molar-refractivity contribution in [3.63, 3.8) is 0 Å². The van der Waals surface area contributed by atoms with Crippen molar-refractivity contribution in [1.29, 1.82) is 5.26 Å². The van der Waals surface area contributed by atoms with E-state index in [1.807, 2.05) is 36.9 Å². The molecule has 0 fully saturated rings. The van der Waals surface area contributed by atoms with E-state index in [0.29, 0.717) is 10.6 Å². The molecule has 1 aromatic heterocycles. The summed E-state index contributed by atoms with van der Waals surface area (Å²) in [5.74, 6) is 0. The summed E-state index contributed by atoms with van der Waals surface area (Å²) in [4.78, 5) is 0. The number of aromatic nitrogens is 2. The second-order valence-electron chi connectivity index (χ2n) is 4.05. The minimum absolute atomic E-state index is 0.113. The molecule has 4 nitrogen and oxygen atoms in total. The first-order chi connectivity index (χ1) is 8.61. The number of rotatable bonds is 3. The van der Waals surface area contributed by atoms with Gasteiger partial charge in [-0.1, -0.05) is 11.6 Å². The van der Waals surface area contributed by atoms with E-state index >= 15 is 0 Å². The second-order valence-corrected chi connectivity index (χ2v) is 4.46. The van der Waals surface area contributed by atoms with Crippen molar-refractivity contribution in [2.24, 2.45) is 7.05 Å². The van der Waals surface area contributed by atoms with Crippen LogP contribution in [0.4, 0.5) is 5.69 Å². The van der Waals surface area contributed by atoms with Gasteiger partial charge in [-0.05, 0) is 31.2 Å². The molecular formula is C13H13ClN4. The van der Waals surface area contributed by atoms with Crippen molar-refractivity contribution in [3.8, 4) is 6.07 Å². The largest absolute Gasteiger partial charge is 0.377 e. The summed E-state index contributed by atoms with van der Waals surface area (Å²) in [5, 5.41) is 16.7. The molecule has 1 heterocycles. The molecule has 0 aliphatic rings. The maximum atomic E-state index is 8.81. The third-order valence-electron chi connectivity index (χ3n) is 2.78. The van der Waals surface area contributed by atoms with Gasteiger partial charge >= 0.3 is 0 Å². The Balaban J connectivity index is 2.18. The lowest BCUT2D eigenvalue weighted by molar-refractivity contribution is 0.676. The molecule has 5 heteroatoms. The first-order valence-corrected chi connectivity index (χ1v) is 5.93. The van der Waals surface area contributed by atoms with Crippen molar-refractivity contribution in [2.45, 2.75) is 13.0 Å². The molecule has 2 rings (SSSR count). The van der Waals surface area contributed by atoms with Gasteiger partial charge in [0, 0.05) is 18.9 Å². The number of benzene rings is 1. The molecule has 18 heavy (non-hydrogen) atoms. The first kappa shape index (κ1) is 12.5. The number of hydrogen-bond acceptors (Lipinski definition) is 3. The molecule has 0 saturated carbocycles. The quantitative estimate of drug-likeness (QED) is 0.923. The molecule has 0 radical (unpaired) electrons. The molecule has 0 amide bonds. The van der Waals surface area contributed by atoms with E-state index in [0.717, 1.165) is 11.4 Å². The molecule has 0 bridgehead atoms. The maximum absolute atomic E-state index is 8.81. The Labute approximate surface area is 111 Å². The lowest BCUT2D eigenvalue weighted by Crippen LogP contribution is -2.11. The third-order valence-corrected chi connectivity index (χ3v) is 3.09. The van der Waals surface area contributed by atoms with Gasteiger partial charge in [-0.2, -0.15) is 10.4 Å². The molecule has 1 atom stereocenters. The predicted octanol–water partition coefficient (Wildman–Crippen LogP) is 3.12. The van der Waals surface area contributed by atoms with Gasteiger partial charge < -0.3 is 5.32 Å². The van der Waals surface area contributed by atoms with Crippen LogP contribution in [0.25, 0.3) is 0 Å². The van der Waals surface area contributed by atoms with Gasteiger partial charge in [0.2, 0.25) is 0 Å². The summed E-state index contributed by atoms with van der Waals surface area (Å²) in [6, 6.07) is 9.42. The molecule has 1 aromatic carbocycles. The van der Waals surface area contributed by atoms with Crippen LogP contribution in [0.15, 0.2) is 30.5 Å². The van der Waals surface area contributed by atoms with Gasteiger partial charge in [-0.15, -0.1) is 0 Å². The van der Waals surface area contributed by atoms with Gasteiger partial charge in [-0.3, -0.25) is 4.68 Å². The summed E-state index contributed by atoms with van der Waals surface area (Å²) in [7, 11) is 1.90. The molecule has 2 aromatic rings. The van der Waals surface area contributed by atoms with Gasteiger partial charge in [0.25, 0.3) is 0 Å². The highest BCUT2D eigenvalue weighted by molar-refractivity contribution is 6.32. The maximum Gasteiger partial charge on any atom is 0.101 e. The monoisotopic (exact) mass is 260 g/mol. The van der Waals surface area contributed by atoms with E-state index in [-0.39, 0.29) is 6.04 Å². The highest BCUT2D eigenvalue weighted by atomic mass is 35.5. The van der Waals surface area contributed by atoms with Crippen LogP contribution >= 0.6 is 11.6 Å². The zero-order valence-electron chi connectivity index (χ0n) is 10.2. The van der Waals surface area contributed by atoms with Gasteiger partial charge in [0.05, 0.1) is 22.3 Å². The number of anilines is 1. The van der Waals surface area contributed by atoms with Crippen LogP contribution < -0.4 is 5.32 Å². The highest BCUT2D eigenvalue weighted by Gasteiger charge is 2.09. The minimum Gasteiger partial charge on any atom is -0.377 e. The van der Waals surface area contributed by atoms with E-state index < -0.39 is 0 Å². The van der Waals surface area contributed by atoms with Crippen molar-refractivity contribution < 1.29 is 0 Å². The van der Waals surface area contributed by atoms with Crippen LogP contribution in [0, 0.1) is 11.3 Å². The average molecular weight is 261 g/mol. The Morgan fingerprint density at radius 3 is 2.78 bits per heavy atom. The summed E-state index contributed by atoms with van der Waals surface area (Å²) in [6.07, 6.45) is 1.76. The molecule has 0 aliphatic heterocycles. The Morgan fingerprint density at radius 1 is 1.44 bits per heavy atom. The average Bonchev–Trinajstić information content (AvgIpc) is 2.76. The zero-order valence-corrected chi connectivity index (χ0v) is 10.9. The molecule has 1 unspecified atom stereocenters. The van der Waals surface area contributed by atoms with Gasteiger partial charge in [-0.25, -0.2) is 0 Å². The normalized spacial score (nSPS) is 11.9. The van der Waals surface area contributed by atoms with Crippen LogP contribution in [-0.4, -0.2) is 9.78 Å². The number of nitrogens with zero attached hydrogens (tertiary/aromatic N) is 3. The lowest BCUT2D eigenvalue weighted by Gasteiger charge is -2.15. The Bertz CT molecular complexity index is 597. The predicted molar refractivity (Wildman–Crippen MR) is 71.4 cm³/mol. The van der Waals surface area contributed by atoms with Crippen molar-refractivity contribution in [2.75, 3.05) is 5.32 Å². The van der Waals surface area contributed by atoms with Crippen molar-refractivity contribution >= 4 is 17.3 Å². The molecule has 0 spiro atoms. The SMILES string of the molecule is CC(Nc1ccc(C#N)c(Cl)c1)c1ccnn1C. The van der Waals surface area contributed by atoms with Crippen molar-refractivity contribution in [1.82, 2.24) is 9.78 Å². The molecular weight excluding hydrogens is 248 g/mol. The fourth-order valence-corrected chi connectivity index (χ4v) is 2.05. The van der Waals surface area contributed by atoms with E-state index in [1.165, 1.54) is 0 Å². The fourth-order valence-electron chi connectivity index (χ4n) is 1.83. The first-order valence-electron chi connectivity index (χ1n) is 5.56. The van der Waals surface area contributed by atoms with Crippen LogP contribution in [0.3, 0.4) is 0 Å². The molecule has 0 aliphatic carbocycles. The number of halogens is 1. The zero-order chi connectivity index (χ0) is 13.1. The minimum atomic E-state index is 0.113. The summed E-state index contributed by atoms with van der Waals surface area (Å²) in [5.41, 5.74) is 2.44. The number of nitrogens with one attached hydrogen (secondary N) is 1. The summed E-state index contributed by atoms with van der Waals surface area (Å²) in [6.45, 7) is 2.04. The van der Waals surface area contributed by atoms with Crippen LogP contribution in [0.5, 0.6) is 0 Å². The van der Waals surface area contributed by atoms with Crippen LogP contribution in [-0.2, 0) is 7.05 Å². The Morgan fingerprint density at radius 2 is 2.22 bits per heavy atom. The summed E-state index contributed by atoms with van der Waals surface area (Å²) >= 11 is 5.99. The second kappa shape index (κ2) is 5.11. The van der Waals surface area contributed by atoms with E-state index in [9.17, 15) is 0 Å². The topological polar surface area (TPSA) is 53.6 Å². The standard InChI is InChI=1S/C13H13ClN4/c1-9(13-5-6-16-18(13)2)17-11-4-3-10(8-15)12(14)7-11/h3-7,9,17H,1-2H3. The molecule has 1 N–H and O–H groups in total. The number of nitriles is 1. The van der Waals surface area contributed by atoms with E-state index in [4.69, 9.17) is 16.9 Å². The van der Waals surface area contributed by atoms with Crippen LogP contribution in [0.1, 0.15) is 24.2 Å². The molecule has 92 valence electrons. The third kappa shape index (κ3) is 2.47. The van der Waals surface area contributed by atoms with E-state index in [2.05, 4.69) is 10.4 Å². The Kier molecular flexibility index (Phi) is 3.54.